The van der Waals surface area contributed by atoms with Crippen LogP contribution in [0.5, 0.6) is 5.88 Å². The van der Waals surface area contributed by atoms with Gasteiger partial charge in [-0.15, -0.1) is 11.3 Å². The molecule has 0 aliphatic carbocycles. The summed E-state index contributed by atoms with van der Waals surface area (Å²) in [5.74, 6) is 1.03. The number of aromatic nitrogens is 3. The number of hydrogen-bond donors (Lipinski definition) is 1. The first kappa shape index (κ1) is 13.5. The van der Waals surface area contributed by atoms with Gasteiger partial charge in [-0.1, -0.05) is 12.1 Å². The quantitative estimate of drug-likeness (QED) is 0.796. The Morgan fingerprint density at radius 2 is 2.10 bits per heavy atom. The largest absolute Gasteiger partial charge is 0.481 e. The van der Waals surface area contributed by atoms with Gasteiger partial charge in [0.15, 0.2) is 0 Å². The van der Waals surface area contributed by atoms with Gasteiger partial charge < -0.3 is 10.1 Å². The Bertz CT molecular complexity index is 757. The Morgan fingerprint density at radius 1 is 1.19 bits per heavy atom. The Kier molecular flexibility index (Phi) is 3.79. The summed E-state index contributed by atoms with van der Waals surface area (Å²) in [6.45, 7) is 1.99. The summed E-state index contributed by atoms with van der Waals surface area (Å²) in [5, 5.41) is 6.21. The summed E-state index contributed by atoms with van der Waals surface area (Å²) in [7, 11) is 1.58. The Hall–Kier alpha value is -2.47. The van der Waals surface area contributed by atoms with E-state index in [2.05, 4.69) is 20.3 Å². The highest BCUT2D eigenvalue weighted by atomic mass is 32.1. The van der Waals surface area contributed by atoms with Crippen molar-refractivity contribution in [2.24, 2.45) is 0 Å². The Labute approximate surface area is 126 Å². The summed E-state index contributed by atoms with van der Waals surface area (Å²) >= 11 is 1.63. The minimum absolute atomic E-state index is 0.502. The number of thiazole rings is 1. The molecule has 2 heterocycles. The number of nitrogens with one attached hydrogen (secondary N) is 1. The molecule has 21 heavy (non-hydrogen) atoms. The predicted molar refractivity (Wildman–Crippen MR) is 84.2 cm³/mol. The molecule has 1 aromatic carbocycles. The average molecular weight is 298 g/mol. The van der Waals surface area contributed by atoms with Crippen LogP contribution in [0, 0.1) is 6.92 Å². The third kappa shape index (κ3) is 3.17. The molecule has 2 aromatic heterocycles. The van der Waals surface area contributed by atoms with E-state index < -0.39 is 0 Å². The highest BCUT2D eigenvalue weighted by molar-refractivity contribution is 7.13. The third-order valence-electron chi connectivity index (χ3n) is 2.82. The highest BCUT2D eigenvalue weighted by Crippen LogP contribution is 2.26. The molecule has 0 bridgehead atoms. The van der Waals surface area contributed by atoms with Crippen molar-refractivity contribution in [3.8, 4) is 16.5 Å². The molecule has 0 spiro atoms. The molecule has 0 radical (unpaired) electrons. The molecule has 0 aliphatic rings. The van der Waals surface area contributed by atoms with Gasteiger partial charge in [-0.25, -0.2) is 9.97 Å². The van der Waals surface area contributed by atoms with Crippen LogP contribution in [0.1, 0.15) is 5.69 Å². The molecule has 106 valence electrons. The fourth-order valence-corrected chi connectivity index (χ4v) is 2.66. The number of hydrogen-bond acceptors (Lipinski definition) is 6. The van der Waals surface area contributed by atoms with Crippen molar-refractivity contribution in [1.29, 1.82) is 0 Å². The molecule has 0 fully saturated rings. The molecular formula is C15H14N4OS. The molecule has 0 amide bonds. The van der Waals surface area contributed by atoms with E-state index in [9.17, 15) is 0 Å². The van der Waals surface area contributed by atoms with Gasteiger partial charge in [0.05, 0.1) is 7.11 Å². The number of benzene rings is 1. The lowest BCUT2D eigenvalue weighted by Crippen LogP contribution is -1.98. The summed E-state index contributed by atoms with van der Waals surface area (Å²) < 4.78 is 5.09. The van der Waals surface area contributed by atoms with E-state index in [1.54, 1.807) is 30.7 Å². The number of anilines is 2. The number of ether oxygens (including phenoxy) is 1. The van der Waals surface area contributed by atoms with Gasteiger partial charge in [-0.3, -0.25) is 0 Å². The zero-order valence-electron chi connectivity index (χ0n) is 11.7. The molecule has 0 atom stereocenters. The minimum atomic E-state index is 0.502. The molecule has 0 aliphatic heterocycles. The van der Waals surface area contributed by atoms with Crippen LogP contribution in [0.4, 0.5) is 11.6 Å². The first-order valence-corrected chi connectivity index (χ1v) is 7.29. The van der Waals surface area contributed by atoms with Crippen LogP contribution >= 0.6 is 11.3 Å². The molecule has 3 rings (SSSR count). The van der Waals surface area contributed by atoms with Crippen LogP contribution in [0.3, 0.4) is 0 Å². The van der Waals surface area contributed by atoms with Gasteiger partial charge in [0.2, 0.25) is 11.8 Å². The summed E-state index contributed by atoms with van der Waals surface area (Å²) in [6, 6.07) is 9.72. The van der Waals surface area contributed by atoms with Crippen molar-refractivity contribution in [3.05, 3.63) is 47.6 Å². The smallest absolute Gasteiger partial charge is 0.230 e. The maximum atomic E-state index is 5.09. The normalized spacial score (nSPS) is 10.4. The van der Waals surface area contributed by atoms with Gasteiger partial charge in [0.25, 0.3) is 0 Å². The van der Waals surface area contributed by atoms with Gasteiger partial charge in [0.1, 0.15) is 5.01 Å². The lowest BCUT2D eigenvalue weighted by atomic mass is 10.2. The molecule has 3 aromatic rings. The fraction of sp³-hybridized carbons (Fsp3) is 0.133. The average Bonchev–Trinajstić information content (AvgIpc) is 2.94. The van der Waals surface area contributed by atoms with E-state index in [-0.39, 0.29) is 0 Å². The lowest BCUT2D eigenvalue weighted by molar-refractivity contribution is 0.397. The first-order valence-electron chi connectivity index (χ1n) is 6.41. The van der Waals surface area contributed by atoms with Crippen LogP contribution in [0.15, 0.2) is 41.9 Å². The monoisotopic (exact) mass is 298 g/mol. The molecule has 6 heteroatoms. The summed E-state index contributed by atoms with van der Waals surface area (Å²) in [4.78, 5) is 12.9. The molecule has 5 nitrogen and oxygen atoms in total. The SMILES string of the molecule is COc1ccnc(Nc2cccc(-c3nc(C)cs3)c2)n1. The molecular weight excluding hydrogens is 284 g/mol. The van der Waals surface area contributed by atoms with Crippen molar-refractivity contribution in [2.45, 2.75) is 6.92 Å². The van der Waals surface area contributed by atoms with Crippen molar-refractivity contribution in [3.63, 3.8) is 0 Å². The van der Waals surface area contributed by atoms with Gasteiger partial charge in [-0.05, 0) is 19.1 Å². The third-order valence-corrected chi connectivity index (χ3v) is 3.83. The number of aryl methyl sites for hydroxylation is 1. The van der Waals surface area contributed by atoms with Crippen LogP contribution in [-0.4, -0.2) is 22.1 Å². The van der Waals surface area contributed by atoms with Crippen molar-refractivity contribution >= 4 is 23.0 Å². The minimum Gasteiger partial charge on any atom is -0.481 e. The van der Waals surface area contributed by atoms with E-state index in [1.165, 1.54) is 0 Å². The van der Waals surface area contributed by atoms with Gasteiger partial charge in [0, 0.05) is 34.6 Å². The van der Waals surface area contributed by atoms with Crippen LogP contribution < -0.4 is 10.1 Å². The van der Waals surface area contributed by atoms with E-state index in [0.717, 1.165) is 22.0 Å². The maximum Gasteiger partial charge on any atom is 0.230 e. The van der Waals surface area contributed by atoms with Crippen molar-refractivity contribution in [2.75, 3.05) is 12.4 Å². The standard InChI is InChI=1S/C15H14N4OS/c1-10-9-21-14(17-10)11-4-3-5-12(8-11)18-15-16-7-6-13(19-15)20-2/h3-9H,1-2H3,(H,16,18,19). The number of methoxy groups -OCH3 is 1. The zero-order valence-corrected chi connectivity index (χ0v) is 12.5. The lowest BCUT2D eigenvalue weighted by Gasteiger charge is -2.07. The molecule has 0 unspecified atom stereocenters. The van der Waals surface area contributed by atoms with Crippen molar-refractivity contribution < 1.29 is 4.74 Å². The maximum absolute atomic E-state index is 5.09. The van der Waals surface area contributed by atoms with Gasteiger partial charge in [-0.2, -0.15) is 4.98 Å². The summed E-state index contributed by atoms with van der Waals surface area (Å²) in [6.07, 6.45) is 1.65. The van der Waals surface area contributed by atoms with E-state index in [0.29, 0.717) is 11.8 Å². The van der Waals surface area contributed by atoms with Crippen LogP contribution in [0.25, 0.3) is 10.6 Å². The second-order valence-electron chi connectivity index (χ2n) is 4.42. The Balaban J connectivity index is 1.86. The highest BCUT2D eigenvalue weighted by Gasteiger charge is 2.05. The number of nitrogens with zero attached hydrogens (tertiary/aromatic N) is 3. The first-order chi connectivity index (χ1) is 10.2. The van der Waals surface area contributed by atoms with Crippen LogP contribution in [0.2, 0.25) is 0 Å². The van der Waals surface area contributed by atoms with E-state index in [1.807, 2.05) is 36.6 Å². The second-order valence-corrected chi connectivity index (χ2v) is 5.28. The topological polar surface area (TPSA) is 59.9 Å². The molecule has 0 saturated heterocycles. The van der Waals surface area contributed by atoms with E-state index in [4.69, 9.17) is 4.74 Å². The molecule has 1 N–H and O–H groups in total. The van der Waals surface area contributed by atoms with Crippen molar-refractivity contribution in [1.82, 2.24) is 15.0 Å². The van der Waals surface area contributed by atoms with Crippen LogP contribution in [-0.2, 0) is 0 Å². The van der Waals surface area contributed by atoms with E-state index >= 15 is 0 Å². The zero-order chi connectivity index (χ0) is 14.7. The fourth-order valence-electron chi connectivity index (χ4n) is 1.86. The second kappa shape index (κ2) is 5.88. The predicted octanol–water partition coefficient (Wildman–Crippen LogP) is 3.66. The summed E-state index contributed by atoms with van der Waals surface area (Å²) in [5.41, 5.74) is 3.01. The number of rotatable bonds is 4. The molecule has 0 saturated carbocycles. The van der Waals surface area contributed by atoms with Gasteiger partial charge >= 0.3 is 0 Å². The Morgan fingerprint density at radius 3 is 2.86 bits per heavy atom.